The van der Waals surface area contributed by atoms with Crippen molar-refractivity contribution in [2.75, 3.05) is 19.8 Å². The van der Waals surface area contributed by atoms with E-state index in [4.69, 9.17) is 18.9 Å². The van der Waals surface area contributed by atoms with Gasteiger partial charge in [0.25, 0.3) is 5.79 Å². The first-order valence-electron chi connectivity index (χ1n) is 13.3. The van der Waals surface area contributed by atoms with Crippen LogP contribution in [-0.4, -0.2) is 163 Å². The predicted octanol–water partition coefficient (Wildman–Crippen LogP) is -6.29. The highest BCUT2D eigenvalue weighted by Gasteiger charge is 2.57. The van der Waals surface area contributed by atoms with Gasteiger partial charge in [-0.15, -0.1) is 0 Å². The molecule has 2 saturated heterocycles. The summed E-state index contributed by atoms with van der Waals surface area (Å²) in [6.07, 6.45) is -15.5. The van der Waals surface area contributed by atoms with Gasteiger partial charge in [-0.05, 0) is 0 Å². The maximum absolute atomic E-state index is 12.4. The molecule has 0 aromatic heterocycles. The first-order valence-corrected chi connectivity index (χ1v) is 13.3. The summed E-state index contributed by atoms with van der Waals surface area (Å²) in [5.74, 6) is -8.30. The third-order valence-electron chi connectivity index (χ3n) is 6.84. The van der Waals surface area contributed by atoms with Crippen LogP contribution in [0.4, 0.5) is 0 Å². The van der Waals surface area contributed by atoms with Crippen LogP contribution in [0, 0.1) is 0 Å². The summed E-state index contributed by atoms with van der Waals surface area (Å²) in [6, 6.07) is -4.54. The van der Waals surface area contributed by atoms with E-state index in [9.17, 15) is 64.8 Å². The van der Waals surface area contributed by atoms with Crippen molar-refractivity contribution >= 4 is 29.7 Å². The summed E-state index contributed by atoms with van der Waals surface area (Å²) < 4.78 is 22.0. The molecule has 0 bridgehead atoms. The maximum atomic E-state index is 12.4. The van der Waals surface area contributed by atoms with E-state index in [-0.39, 0.29) is 0 Å². The molecule has 11 N–H and O–H groups in total. The summed E-state index contributed by atoms with van der Waals surface area (Å²) in [6.45, 7) is 0.509. The van der Waals surface area contributed by atoms with Gasteiger partial charge in [-0.1, -0.05) is 0 Å². The standard InChI is InChI=1S/C24H39N3O17/c1-8(29)25-11(21(37)38)6-41-22-16(27-10(3)31)19(36)18(35)14(43-22)7-42-24(23(39)40)4-12(32)15(26-9(2)30)20(44-24)17(34)13(33)5-28/h11-20,22,28,32-36H,4-7H2,1-3H3,(H,25,29)(H,26,30)(H,27,31)(H,37,38)(H,39,40)/t11-,12-,13+,14+,15-,16-,17+,18-,19-,20+,22+,24+/m0/s1. The fourth-order valence-corrected chi connectivity index (χ4v) is 4.70. The van der Waals surface area contributed by atoms with Crippen LogP contribution in [0.25, 0.3) is 0 Å². The van der Waals surface area contributed by atoms with E-state index in [1.165, 1.54) is 0 Å². The van der Waals surface area contributed by atoms with E-state index in [0.717, 1.165) is 20.8 Å². The maximum Gasteiger partial charge on any atom is 0.364 e. The van der Waals surface area contributed by atoms with Gasteiger partial charge in [-0.2, -0.15) is 0 Å². The lowest BCUT2D eigenvalue weighted by atomic mass is 9.88. The summed E-state index contributed by atoms with van der Waals surface area (Å²) in [4.78, 5) is 58.7. The molecule has 0 saturated carbocycles. The van der Waals surface area contributed by atoms with Crippen molar-refractivity contribution in [3.8, 4) is 0 Å². The van der Waals surface area contributed by atoms with Crippen LogP contribution in [0.1, 0.15) is 27.2 Å². The molecule has 0 radical (unpaired) electrons. The molecule has 3 amide bonds. The van der Waals surface area contributed by atoms with Crippen LogP contribution in [0.5, 0.6) is 0 Å². The largest absolute Gasteiger partial charge is 0.480 e. The quantitative estimate of drug-likeness (QED) is 0.0840. The molecule has 2 fully saturated rings. The van der Waals surface area contributed by atoms with Crippen LogP contribution >= 0.6 is 0 Å². The van der Waals surface area contributed by atoms with E-state index in [1.807, 2.05) is 0 Å². The molecule has 0 aromatic rings. The summed E-state index contributed by atoms with van der Waals surface area (Å²) in [5, 5.41) is 88.0. The van der Waals surface area contributed by atoms with Crippen LogP contribution in [0.3, 0.4) is 0 Å². The molecule has 20 heteroatoms. The van der Waals surface area contributed by atoms with Crippen LogP contribution < -0.4 is 16.0 Å². The molecule has 2 aliphatic heterocycles. The van der Waals surface area contributed by atoms with Gasteiger partial charge in [0.15, 0.2) is 12.3 Å². The van der Waals surface area contributed by atoms with Crippen LogP contribution in [0.2, 0.25) is 0 Å². The zero-order valence-corrected chi connectivity index (χ0v) is 23.9. The number of aliphatic carboxylic acids is 2. The molecule has 2 rings (SSSR count). The highest BCUT2D eigenvalue weighted by atomic mass is 16.7. The average molecular weight is 642 g/mol. The molecule has 0 aromatic carbocycles. The van der Waals surface area contributed by atoms with Gasteiger partial charge in [0.1, 0.15) is 42.7 Å². The predicted molar refractivity (Wildman–Crippen MR) is 138 cm³/mol. The SMILES string of the molecule is CC(=O)N[C@@H]1[C@H](OC[C@H](NC(C)=O)C(=O)O)O[C@H](CO[C@]2(C(=O)O)C[C@H](O)[C@H](NC(C)=O)[C@H]([C@H](O)[C@H](O)CO)O2)[C@H](O)[C@H]1O. The number of hydrogen-bond acceptors (Lipinski definition) is 15. The number of ether oxygens (including phenoxy) is 4. The van der Waals surface area contributed by atoms with Gasteiger partial charge in [-0.25, -0.2) is 9.59 Å². The first kappa shape index (κ1) is 37.1. The molecule has 0 unspecified atom stereocenters. The fraction of sp³-hybridized carbons (Fsp3) is 0.792. The second-order valence-corrected chi connectivity index (χ2v) is 10.4. The number of carbonyl (C=O) groups is 5. The Balaban J connectivity index is 2.33. The van der Waals surface area contributed by atoms with Crippen molar-refractivity contribution < 1.29 is 83.8 Å². The Hall–Kier alpha value is -3.05. The molecule has 20 nitrogen and oxygen atoms in total. The zero-order valence-electron chi connectivity index (χ0n) is 23.9. The lowest BCUT2D eigenvalue weighted by molar-refractivity contribution is -0.330. The lowest BCUT2D eigenvalue weighted by Crippen LogP contribution is -2.69. The first-order chi connectivity index (χ1) is 20.4. The third kappa shape index (κ3) is 9.23. The smallest absolute Gasteiger partial charge is 0.364 e. The van der Waals surface area contributed by atoms with Crippen molar-refractivity contribution in [2.45, 2.75) is 100 Å². The Kier molecular flexibility index (Phi) is 13.3. The summed E-state index contributed by atoms with van der Waals surface area (Å²) in [7, 11) is 0. The lowest BCUT2D eigenvalue weighted by Gasteiger charge is -2.47. The number of carbonyl (C=O) groups excluding carboxylic acids is 3. The van der Waals surface area contributed by atoms with Gasteiger partial charge in [0.05, 0.1) is 32.0 Å². The number of carboxylic acid groups (broad SMARTS) is 2. The molecular weight excluding hydrogens is 602 g/mol. The van der Waals surface area contributed by atoms with Crippen molar-refractivity contribution in [3.63, 3.8) is 0 Å². The molecule has 0 aliphatic carbocycles. The van der Waals surface area contributed by atoms with Crippen molar-refractivity contribution in [3.05, 3.63) is 0 Å². The minimum absolute atomic E-state index is 0.706. The van der Waals surface area contributed by atoms with Gasteiger partial charge in [0, 0.05) is 27.2 Å². The summed E-state index contributed by atoms with van der Waals surface area (Å²) in [5.41, 5.74) is 0. The van der Waals surface area contributed by atoms with Gasteiger partial charge in [-0.3, -0.25) is 14.4 Å². The van der Waals surface area contributed by atoms with E-state index in [2.05, 4.69) is 16.0 Å². The van der Waals surface area contributed by atoms with Gasteiger partial charge in [0.2, 0.25) is 17.7 Å². The van der Waals surface area contributed by atoms with Crippen molar-refractivity contribution in [1.29, 1.82) is 0 Å². The van der Waals surface area contributed by atoms with Gasteiger partial charge >= 0.3 is 11.9 Å². The number of nitrogens with one attached hydrogen (secondary N) is 3. The normalized spacial score (nSPS) is 34.2. The number of carboxylic acids is 2. The average Bonchev–Trinajstić information content (AvgIpc) is 2.93. The topological polar surface area (TPSA) is 320 Å². The fourth-order valence-electron chi connectivity index (χ4n) is 4.70. The molecule has 252 valence electrons. The molecule has 44 heavy (non-hydrogen) atoms. The number of rotatable bonds is 14. The van der Waals surface area contributed by atoms with Crippen LogP contribution in [-0.2, 0) is 42.9 Å². The minimum atomic E-state index is -2.81. The Bertz CT molecular complexity index is 1050. The molecule has 12 atom stereocenters. The van der Waals surface area contributed by atoms with E-state index >= 15 is 0 Å². The molecule has 0 spiro atoms. The minimum Gasteiger partial charge on any atom is -0.480 e. The second-order valence-electron chi connectivity index (χ2n) is 10.4. The van der Waals surface area contributed by atoms with Crippen LogP contribution in [0.15, 0.2) is 0 Å². The highest BCUT2D eigenvalue weighted by Crippen LogP contribution is 2.34. The highest BCUT2D eigenvalue weighted by molar-refractivity contribution is 5.82. The second kappa shape index (κ2) is 15.8. The van der Waals surface area contributed by atoms with Gasteiger partial charge < -0.3 is 75.8 Å². The monoisotopic (exact) mass is 641 g/mol. The van der Waals surface area contributed by atoms with E-state index in [1.54, 1.807) is 0 Å². The Labute approximate surface area is 249 Å². The molecule has 2 aliphatic rings. The Morgan fingerprint density at radius 2 is 1.52 bits per heavy atom. The number of amides is 3. The van der Waals surface area contributed by atoms with E-state index in [0.29, 0.717) is 0 Å². The van der Waals surface area contributed by atoms with Crippen molar-refractivity contribution in [1.82, 2.24) is 16.0 Å². The Morgan fingerprint density at radius 3 is 2.02 bits per heavy atom. The van der Waals surface area contributed by atoms with Crippen molar-refractivity contribution in [2.24, 2.45) is 0 Å². The zero-order chi connectivity index (χ0) is 33.5. The third-order valence-corrected chi connectivity index (χ3v) is 6.84. The molecular formula is C24H39N3O17. The Morgan fingerprint density at radius 1 is 0.932 bits per heavy atom. The number of hydrogen-bond donors (Lipinski definition) is 11. The summed E-state index contributed by atoms with van der Waals surface area (Å²) >= 11 is 0. The van der Waals surface area contributed by atoms with E-state index < -0.39 is 129 Å². The molecule has 2 heterocycles. The number of aliphatic hydroxyl groups is 6. The number of aliphatic hydroxyl groups excluding tert-OH is 6.